The molecular weight excluding hydrogens is 246 g/mol. The van der Waals surface area contributed by atoms with Crippen LogP contribution in [-0.2, 0) is 4.79 Å². The van der Waals surface area contributed by atoms with Gasteiger partial charge in [-0.05, 0) is 37.6 Å². The number of amides is 1. The van der Waals surface area contributed by atoms with Crippen LogP contribution >= 0.6 is 0 Å². The van der Waals surface area contributed by atoms with Gasteiger partial charge < -0.3 is 11.1 Å². The first-order valence-electron chi connectivity index (χ1n) is 5.79. The molecule has 19 heavy (non-hydrogen) atoms. The molecule has 0 aromatic heterocycles. The van der Waals surface area contributed by atoms with Crippen molar-refractivity contribution in [3.05, 3.63) is 46.0 Å². The number of nitrogens with zero attached hydrogens (tertiary/aromatic N) is 1. The number of nitro groups is 1. The maximum Gasteiger partial charge on any atom is 0.269 e. The minimum absolute atomic E-state index is 0.0193. The normalized spacial score (nSPS) is 11.5. The summed E-state index contributed by atoms with van der Waals surface area (Å²) in [5.74, 6) is -0.256. The lowest BCUT2D eigenvalue weighted by atomic mass is 10.1. The standard InChI is InChI=1S/C13H17N3O3/c1-13(2,9-14)15-12(17)8-5-10-3-6-11(7-4-10)16(18)19/h3-8H,9,14H2,1-2H3,(H,15,17). The van der Waals surface area contributed by atoms with Gasteiger partial charge in [0, 0.05) is 30.3 Å². The van der Waals surface area contributed by atoms with Gasteiger partial charge in [0.25, 0.3) is 5.69 Å². The van der Waals surface area contributed by atoms with Crippen molar-refractivity contribution in [3.8, 4) is 0 Å². The fraction of sp³-hybridized carbons (Fsp3) is 0.308. The quantitative estimate of drug-likeness (QED) is 0.477. The predicted molar refractivity (Wildman–Crippen MR) is 73.4 cm³/mol. The summed E-state index contributed by atoms with van der Waals surface area (Å²) in [5, 5.41) is 13.2. The number of benzene rings is 1. The molecule has 0 saturated carbocycles. The van der Waals surface area contributed by atoms with E-state index in [2.05, 4.69) is 5.32 Å². The maximum atomic E-state index is 11.6. The predicted octanol–water partition coefficient (Wildman–Crippen LogP) is 1.46. The third-order valence-electron chi connectivity index (χ3n) is 2.50. The number of nitrogens with one attached hydrogen (secondary N) is 1. The zero-order chi connectivity index (χ0) is 14.5. The van der Waals surface area contributed by atoms with E-state index < -0.39 is 10.5 Å². The first-order chi connectivity index (χ1) is 8.84. The van der Waals surface area contributed by atoms with Crippen molar-refractivity contribution in [2.75, 3.05) is 6.54 Å². The first kappa shape index (κ1) is 14.8. The fourth-order valence-corrected chi connectivity index (χ4v) is 1.31. The van der Waals surface area contributed by atoms with Crippen molar-refractivity contribution < 1.29 is 9.72 Å². The van der Waals surface area contributed by atoms with Crippen molar-refractivity contribution in [2.24, 2.45) is 5.73 Å². The van der Waals surface area contributed by atoms with E-state index in [0.717, 1.165) is 0 Å². The molecule has 1 rings (SSSR count). The SMILES string of the molecule is CC(C)(CN)NC(=O)C=Cc1ccc([N+](=O)[O-])cc1. The first-order valence-corrected chi connectivity index (χ1v) is 5.79. The Kier molecular flexibility index (Phi) is 4.77. The average molecular weight is 263 g/mol. The van der Waals surface area contributed by atoms with Gasteiger partial charge in [0.1, 0.15) is 0 Å². The molecule has 0 aliphatic rings. The number of carbonyl (C=O) groups excluding carboxylic acids is 1. The van der Waals surface area contributed by atoms with Crippen LogP contribution < -0.4 is 11.1 Å². The van der Waals surface area contributed by atoms with Gasteiger partial charge in [-0.25, -0.2) is 0 Å². The minimum atomic E-state index is -0.468. The van der Waals surface area contributed by atoms with Crippen molar-refractivity contribution >= 4 is 17.7 Å². The molecule has 0 spiro atoms. The summed E-state index contributed by atoms with van der Waals surface area (Å²) in [6, 6.07) is 5.94. The van der Waals surface area contributed by atoms with Crippen molar-refractivity contribution in [3.63, 3.8) is 0 Å². The van der Waals surface area contributed by atoms with Gasteiger partial charge in [-0.15, -0.1) is 0 Å². The molecule has 0 heterocycles. The third-order valence-corrected chi connectivity index (χ3v) is 2.50. The molecule has 1 aromatic rings. The topological polar surface area (TPSA) is 98.3 Å². The van der Waals surface area contributed by atoms with Gasteiger partial charge in [-0.2, -0.15) is 0 Å². The van der Waals surface area contributed by atoms with Crippen molar-refractivity contribution in [1.82, 2.24) is 5.32 Å². The lowest BCUT2D eigenvalue weighted by molar-refractivity contribution is -0.384. The van der Waals surface area contributed by atoms with E-state index in [9.17, 15) is 14.9 Å². The second kappa shape index (κ2) is 6.10. The van der Waals surface area contributed by atoms with Gasteiger partial charge >= 0.3 is 0 Å². The molecule has 3 N–H and O–H groups in total. The molecular formula is C13H17N3O3. The fourth-order valence-electron chi connectivity index (χ4n) is 1.31. The van der Waals surface area contributed by atoms with Crippen LogP contribution in [0.3, 0.4) is 0 Å². The number of hydrogen-bond donors (Lipinski definition) is 2. The number of non-ortho nitro benzene ring substituents is 1. The van der Waals surface area contributed by atoms with Crippen LogP contribution in [0.1, 0.15) is 19.4 Å². The van der Waals surface area contributed by atoms with Crippen LogP contribution in [0.5, 0.6) is 0 Å². The number of nitro benzene ring substituents is 1. The summed E-state index contributed by atoms with van der Waals surface area (Å²) in [6.45, 7) is 3.99. The Morgan fingerprint density at radius 2 is 2.00 bits per heavy atom. The minimum Gasteiger partial charge on any atom is -0.346 e. The summed E-state index contributed by atoms with van der Waals surface area (Å²) < 4.78 is 0. The number of carbonyl (C=O) groups is 1. The second-order valence-corrected chi connectivity index (χ2v) is 4.76. The second-order valence-electron chi connectivity index (χ2n) is 4.76. The molecule has 0 fully saturated rings. The summed E-state index contributed by atoms with van der Waals surface area (Å²) in [5.41, 5.74) is 5.78. The van der Waals surface area contributed by atoms with Crippen LogP contribution in [0.2, 0.25) is 0 Å². The Balaban J connectivity index is 2.66. The molecule has 0 aliphatic carbocycles. The van der Waals surface area contributed by atoms with Gasteiger partial charge in [-0.1, -0.05) is 0 Å². The molecule has 6 heteroatoms. The van der Waals surface area contributed by atoms with Crippen LogP contribution in [0, 0.1) is 10.1 Å². The summed E-state index contributed by atoms with van der Waals surface area (Å²) >= 11 is 0. The molecule has 0 atom stereocenters. The van der Waals surface area contributed by atoms with E-state index in [0.29, 0.717) is 12.1 Å². The lowest BCUT2D eigenvalue weighted by Crippen LogP contribution is -2.48. The average Bonchev–Trinajstić information content (AvgIpc) is 2.36. The van der Waals surface area contributed by atoms with Crippen LogP contribution in [0.4, 0.5) is 5.69 Å². The smallest absolute Gasteiger partial charge is 0.269 e. The van der Waals surface area contributed by atoms with Gasteiger partial charge in [0.05, 0.1) is 4.92 Å². The molecule has 1 amide bonds. The van der Waals surface area contributed by atoms with Gasteiger partial charge in [0.2, 0.25) is 5.91 Å². The summed E-state index contributed by atoms with van der Waals surface area (Å²) in [6.07, 6.45) is 2.96. The van der Waals surface area contributed by atoms with E-state index in [4.69, 9.17) is 5.73 Å². The largest absolute Gasteiger partial charge is 0.346 e. The Morgan fingerprint density at radius 3 is 2.47 bits per heavy atom. The van der Waals surface area contributed by atoms with E-state index in [-0.39, 0.29) is 11.6 Å². The number of rotatable bonds is 5. The van der Waals surface area contributed by atoms with Crippen molar-refractivity contribution in [1.29, 1.82) is 0 Å². The van der Waals surface area contributed by atoms with Crippen molar-refractivity contribution in [2.45, 2.75) is 19.4 Å². The van der Waals surface area contributed by atoms with E-state index in [1.165, 1.54) is 18.2 Å². The van der Waals surface area contributed by atoms with Gasteiger partial charge in [-0.3, -0.25) is 14.9 Å². The number of hydrogen-bond acceptors (Lipinski definition) is 4. The van der Waals surface area contributed by atoms with Crippen LogP contribution in [0.15, 0.2) is 30.3 Å². The van der Waals surface area contributed by atoms with Crippen LogP contribution in [-0.4, -0.2) is 22.9 Å². The highest BCUT2D eigenvalue weighted by Crippen LogP contribution is 2.12. The maximum absolute atomic E-state index is 11.6. The zero-order valence-corrected chi connectivity index (χ0v) is 10.9. The van der Waals surface area contributed by atoms with Crippen LogP contribution in [0.25, 0.3) is 6.08 Å². The molecule has 0 aliphatic heterocycles. The summed E-state index contributed by atoms with van der Waals surface area (Å²) in [7, 11) is 0. The highest BCUT2D eigenvalue weighted by Gasteiger charge is 2.16. The van der Waals surface area contributed by atoms with E-state index >= 15 is 0 Å². The molecule has 0 bridgehead atoms. The Bertz CT molecular complexity index is 492. The monoisotopic (exact) mass is 263 g/mol. The molecule has 6 nitrogen and oxygen atoms in total. The third kappa shape index (κ3) is 4.89. The molecule has 0 unspecified atom stereocenters. The highest BCUT2D eigenvalue weighted by atomic mass is 16.6. The van der Waals surface area contributed by atoms with Gasteiger partial charge in [0.15, 0.2) is 0 Å². The Hall–Kier alpha value is -2.21. The zero-order valence-electron chi connectivity index (χ0n) is 10.9. The van der Waals surface area contributed by atoms with E-state index in [1.54, 1.807) is 18.2 Å². The molecule has 0 saturated heterocycles. The lowest BCUT2D eigenvalue weighted by Gasteiger charge is -2.23. The number of nitrogens with two attached hydrogens (primary N) is 1. The molecule has 0 radical (unpaired) electrons. The Labute approximate surface area is 111 Å². The highest BCUT2D eigenvalue weighted by molar-refractivity contribution is 5.92. The molecule has 102 valence electrons. The Morgan fingerprint density at radius 1 is 1.42 bits per heavy atom. The van der Waals surface area contributed by atoms with E-state index in [1.807, 2.05) is 13.8 Å². The summed E-state index contributed by atoms with van der Waals surface area (Å²) in [4.78, 5) is 21.6. The molecule has 1 aromatic carbocycles.